The van der Waals surface area contributed by atoms with Crippen LogP contribution in [-0.4, -0.2) is 35.5 Å². The van der Waals surface area contributed by atoms with Crippen molar-refractivity contribution in [2.75, 3.05) is 6.61 Å². The van der Waals surface area contributed by atoms with E-state index in [0.717, 1.165) is 0 Å². The molecule has 22 heavy (non-hydrogen) atoms. The van der Waals surface area contributed by atoms with Crippen LogP contribution >= 0.6 is 0 Å². The molecule has 1 aliphatic rings. The van der Waals surface area contributed by atoms with E-state index in [4.69, 9.17) is 14.2 Å². The van der Waals surface area contributed by atoms with Gasteiger partial charge >= 0.3 is 11.9 Å². The number of rotatable bonds is 3. The third kappa shape index (κ3) is 3.17. The molecule has 0 saturated carbocycles. The summed E-state index contributed by atoms with van der Waals surface area (Å²) in [6.45, 7) is 5.91. The summed E-state index contributed by atoms with van der Waals surface area (Å²) in [4.78, 5) is 36.2. The van der Waals surface area contributed by atoms with E-state index in [9.17, 15) is 14.4 Å². The maximum atomic E-state index is 12.5. The molecule has 0 bridgehead atoms. The molecule has 0 fully saturated rings. The first kappa shape index (κ1) is 16.2. The van der Waals surface area contributed by atoms with Crippen molar-refractivity contribution >= 4 is 17.7 Å². The second kappa shape index (κ2) is 5.53. The summed E-state index contributed by atoms with van der Waals surface area (Å²) >= 11 is 0. The number of esters is 2. The second-order valence-corrected chi connectivity index (χ2v) is 6.12. The Kier molecular flexibility index (Phi) is 4.06. The average molecular weight is 306 g/mol. The van der Waals surface area contributed by atoms with Crippen LogP contribution in [0.4, 0.5) is 0 Å². The van der Waals surface area contributed by atoms with Crippen LogP contribution in [0.15, 0.2) is 24.3 Å². The zero-order valence-electron chi connectivity index (χ0n) is 13.0. The Morgan fingerprint density at radius 1 is 1.23 bits per heavy atom. The lowest BCUT2D eigenvalue weighted by Crippen LogP contribution is -2.52. The summed E-state index contributed by atoms with van der Waals surface area (Å²) in [7, 11) is 0. The molecule has 1 aliphatic heterocycles. The Hall–Kier alpha value is -2.21. The van der Waals surface area contributed by atoms with Crippen LogP contribution < -0.4 is 4.74 Å². The minimum Gasteiger partial charge on any atom is -0.458 e. The molecule has 6 heteroatoms. The van der Waals surface area contributed by atoms with E-state index in [1.54, 1.807) is 39.0 Å². The standard InChI is InChI=1S/C16H18O6/c1-15(2,3)22-12(17)9-20-16(4)13(18)10-7-5-6-8-11(10)21-14(16)19/h5-8H,9H2,1-4H3. The quantitative estimate of drug-likeness (QED) is 0.482. The Bertz CT molecular complexity index is 628. The van der Waals surface area contributed by atoms with Crippen molar-refractivity contribution in [3.05, 3.63) is 29.8 Å². The normalized spacial score (nSPS) is 21.1. The van der Waals surface area contributed by atoms with Gasteiger partial charge in [-0.2, -0.15) is 0 Å². The van der Waals surface area contributed by atoms with Gasteiger partial charge in [0.2, 0.25) is 11.4 Å². The van der Waals surface area contributed by atoms with Crippen LogP contribution in [-0.2, 0) is 19.1 Å². The maximum Gasteiger partial charge on any atom is 0.351 e. The molecule has 0 N–H and O–H groups in total. The second-order valence-electron chi connectivity index (χ2n) is 6.12. The molecule has 1 aromatic carbocycles. The van der Waals surface area contributed by atoms with Crippen LogP contribution in [0.1, 0.15) is 38.1 Å². The summed E-state index contributed by atoms with van der Waals surface area (Å²) in [6.07, 6.45) is 0. The van der Waals surface area contributed by atoms with Gasteiger partial charge in [-0.15, -0.1) is 0 Å². The van der Waals surface area contributed by atoms with Crippen LogP contribution in [0.5, 0.6) is 5.75 Å². The van der Waals surface area contributed by atoms with E-state index < -0.39 is 35.5 Å². The van der Waals surface area contributed by atoms with Crippen molar-refractivity contribution in [1.82, 2.24) is 0 Å². The number of hydrogen-bond donors (Lipinski definition) is 0. The van der Waals surface area contributed by atoms with E-state index >= 15 is 0 Å². The number of fused-ring (bicyclic) bond motifs is 1. The molecular formula is C16H18O6. The molecule has 1 atom stereocenters. The SMILES string of the molecule is CC(C)(C)OC(=O)COC1(C)C(=O)Oc2ccccc2C1=O. The summed E-state index contributed by atoms with van der Waals surface area (Å²) in [5.74, 6) is -1.85. The Morgan fingerprint density at radius 3 is 2.50 bits per heavy atom. The van der Waals surface area contributed by atoms with Gasteiger partial charge in [0.05, 0.1) is 5.56 Å². The molecule has 2 rings (SSSR count). The molecule has 0 amide bonds. The lowest BCUT2D eigenvalue weighted by atomic mass is 9.91. The highest BCUT2D eigenvalue weighted by molar-refractivity contribution is 6.19. The topological polar surface area (TPSA) is 78.9 Å². The first-order chi connectivity index (χ1) is 10.1. The van der Waals surface area contributed by atoms with Gasteiger partial charge in [0.1, 0.15) is 18.0 Å². The third-order valence-corrected chi connectivity index (χ3v) is 3.06. The predicted molar refractivity (Wildman–Crippen MR) is 76.6 cm³/mol. The molecule has 6 nitrogen and oxygen atoms in total. The van der Waals surface area contributed by atoms with Gasteiger partial charge in [-0.1, -0.05) is 12.1 Å². The van der Waals surface area contributed by atoms with E-state index in [1.165, 1.54) is 13.0 Å². The molecule has 118 valence electrons. The zero-order valence-corrected chi connectivity index (χ0v) is 13.0. The van der Waals surface area contributed by atoms with Crippen molar-refractivity contribution in [1.29, 1.82) is 0 Å². The van der Waals surface area contributed by atoms with E-state index in [-0.39, 0.29) is 11.3 Å². The largest absolute Gasteiger partial charge is 0.458 e. The van der Waals surface area contributed by atoms with E-state index in [1.807, 2.05) is 0 Å². The molecule has 1 aromatic rings. The molecule has 0 saturated heterocycles. The maximum absolute atomic E-state index is 12.5. The van der Waals surface area contributed by atoms with E-state index in [2.05, 4.69) is 0 Å². The van der Waals surface area contributed by atoms with Crippen LogP contribution in [0, 0.1) is 0 Å². The molecule has 0 aliphatic carbocycles. The van der Waals surface area contributed by atoms with Gasteiger partial charge in [-0.3, -0.25) is 4.79 Å². The van der Waals surface area contributed by atoms with E-state index in [0.29, 0.717) is 0 Å². The molecule has 0 radical (unpaired) electrons. The minimum atomic E-state index is -1.86. The summed E-state index contributed by atoms with van der Waals surface area (Å²) < 4.78 is 15.5. The predicted octanol–water partition coefficient (Wildman–Crippen LogP) is 1.91. The van der Waals surface area contributed by atoms with Gasteiger partial charge in [-0.25, -0.2) is 9.59 Å². The van der Waals surface area contributed by atoms with Gasteiger partial charge in [-0.05, 0) is 39.8 Å². The Balaban J connectivity index is 2.15. The highest BCUT2D eigenvalue weighted by Crippen LogP contribution is 2.32. The zero-order chi connectivity index (χ0) is 16.5. The lowest BCUT2D eigenvalue weighted by molar-refractivity contribution is -0.170. The number of para-hydroxylation sites is 1. The Labute approximate surface area is 128 Å². The van der Waals surface area contributed by atoms with Crippen LogP contribution in [0.3, 0.4) is 0 Å². The third-order valence-electron chi connectivity index (χ3n) is 3.06. The first-order valence-electron chi connectivity index (χ1n) is 6.85. The lowest BCUT2D eigenvalue weighted by Gasteiger charge is -2.30. The van der Waals surface area contributed by atoms with Crippen molar-refractivity contribution in [3.63, 3.8) is 0 Å². The van der Waals surface area contributed by atoms with Gasteiger partial charge < -0.3 is 14.2 Å². The van der Waals surface area contributed by atoms with Crippen molar-refractivity contribution in [3.8, 4) is 5.75 Å². The molecule has 0 spiro atoms. The van der Waals surface area contributed by atoms with Gasteiger partial charge in [0.15, 0.2) is 0 Å². The fourth-order valence-corrected chi connectivity index (χ4v) is 1.99. The fraction of sp³-hybridized carbons (Fsp3) is 0.438. The fourth-order valence-electron chi connectivity index (χ4n) is 1.99. The molecular weight excluding hydrogens is 288 g/mol. The van der Waals surface area contributed by atoms with Crippen molar-refractivity contribution in [2.24, 2.45) is 0 Å². The van der Waals surface area contributed by atoms with Crippen molar-refractivity contribution in [2.45, 2.75) is 38.9 Å². The van der Waals surface area contributed by atoms with Gasteiger partial charge in [0.25, 0.3) is 0 Å². The number of carbonyl (C=O) groups excluding carboxylic acids is 3. The number of carbonyl (C=O) groups is 3. The van der Waals surface area contributed by atoms with Gasteiger partial charge in [0, 0.05) is 0 Å². The monoisotopic (exact) mass is 306 g/mol. The average Bonchev–Trinajstić information content (AvgIpc) is 2.41. The summed E-state index contributed by atoms with van der Waals surface area (Å²) in [6, 6.07) is 6.38. The number of benzene rings is 1. The highest BCUT2D eigenvalue weighted by atomic mass is 16.6. The number of hydrogen-bond acceptors (Lipinski definition) is 6. The minimum absolute atomic E-state index is 0.191. The molecule has 0 aromatic heterocycles. The number of ketones is 1. The smallest absolute Gasteiger partial charge is 0.351 e. The van der Waals surface area contributed by atoms with Crippen LogP contribution in [0.2, 0.25) is 0 Å². The molecule has 1 unspecified atom stereocenters. The highest BCUT2D eigenvalue weighted by Gasteiger charge is 2.49. The number of ether oxygens (including phenoxy) is 3. The Morgan fingerprint density at radius 2 is 1.86 bits per heavy atom. The summed E-state index contributed by atoms with van der Waals surface area (Å²) in [5.41, 5.74) is -2.29. The van der Waals surface area contributed by atoms with Crippen LogP contribution in [0.25, 0.3) is 0 Å². The summed E-state index contributed by atoms with van der Waals surface area (Å²) in [5, 5.41) is 0. The van der Waals surface area contributed by atoms with Crippen molar-refractivity contribution < 1.29 is 28.6 Å². The molecule has 1 heterocycles. The first-order valence-corrected chi connectivity index (χ1v) is 6.85. The number of Topliss-reactive ketones (excluding diaryl/α,β-unsaturated/α-hetero) is 1.